The van der Waals surface area contributed by atoms with Gasteiger partial charge in [0, 0.05) is 59.0 Å². The van der Waals surface area contributed by atoms with Gasteiger partial charge in [-0.1, -0.05) is 53.7 Å². The summed E-state index contributed by atoms with van der Waals surface area (Å²) in [5, 5.41) is 7.71. The van der Waals surface area contributed by atoms with E-state index >= 15 is 0 Å². The van der Waals surface area contributed by atoms with Gasteiger partial charge in [0.05, 0.1) is 5.56 Å². The number of benzene rings is 2. The van der Waals surface area contributed by atoms with E-state index in [1.807, 2.05) is 93.2 Å². The van der Waals surface area contributed by atoms with Gasteiger partial charge in [-0.3, -0.25) is 9.78 Å². The number of oxime groups is 1. The smallest absolute Gasteiger partial charge is 0.257 e. The van der Waals surface area contributed by atoms with Crippen molar-refractivity contribution < 1.29 is 9.63 Å². The van der Waals surface area contributed by atoms with E-state index in [2.05, 4.69) is 31.0 Å². The van der Waals surface area contributed by atoms with Crippen molar-refractivity contribution in [3.8, 4) is 0 Å². The van der Waals surface area contributed by atoms with Gasteiger partial charge in [0.1, 0.15) is 17.7 Å². The lowest BCUT2D eigenvalue weighted by Gasteiger charge is -2.12. The molecule has 1 atom stereocenters. The van der Waals surface area contributed by atoms with Crippen molar-refractivity contribution in [2.45, 2.75) is 17.5 Å². The lowest BCUT2D eigenvalue weighted by molar-refractivity contribution is 0.102. The summed E-state index contributed by atoms with van der Waals surface area (Å²) in [7, 11) is 4.08. The van der Waals surface area contributed by atoms with Gasteiger partial charge in [-0.15, -0.1) is 36.6 Å². The Morgan fingerprint density at radius 2 is 1.88 bits per heavy atom. The van der Waals surface area contributed by atoms with Gasteiger partial charge in [-0.05, 0) is 44.8 Å². The van der Waals surface area contributed by atoms with Crippen LogP contribution in [0.2, 0.25) is 0 Å². The van der Waals surface area contributed by atoms with E-state index in [0.717, 1.165) is 46.8 Å². The number of carbonyl (C=O) groups excluding carboxylic acids is 1. The van der Waals surface area contributed by atoms with Gasteiger partial charge in [0.25, 0.3) is 5.91 Å². The number of rotatable bonds is 10. The largest absolute Gasteiger partial charge is 0.395 e. The molecule has 0 saturated carbocycles. The zero-order valence-electron chi connectivity index (χ0n) is 22.4. The summed E-state index contributed by atoms with van der Waals surface area (Å²) in [4.78, 5) is 25.4. The normalized spacial score (nSPS) is 14.2. The Morgan fingerprint density at radius 3 is 2.62 bits per heavy atom. The van der Waals surface area contributed by atoms with E-state index in [-0.39, 0.29) is 36.1 Å². The van der Waals surface area contributed by atoms with Crippen LogP contribution in [0.4, 0.5) is 5.69 Å². The number of hydrogen-bond donors (Lipinski definition) is 1. The molecule has 4 aromatic rings. The summed E-state index contributed by atoms with van der Waals surface area (Å²) in [5.41, 5.74) is 6.10. The Balaban J connectivity index is 0.00000220. The minimum atomic E-state index is -0.124. The Bertz CT molecular complexity index is 1410. The minimum absolute atomic E-state index is 0. The molecule has 0 fully saturated rings. The number of nitrogens with one attached hydrogen (secondary N) is 1. The highest BCUT2D eigenvalue weighted by molar-refractivity contribution is 7.99. The van der Waals surface area contributed by atoms with Crippen LogP contribution in [-0.4, -0.2) is 53.3 Å². The molecule has 1 aliphatic heterocycles. The molecule has 0 bridgehead atoms. The number of fused-ring (bicyclic) bond motifs is 1. The third kappa shape index (κ3) is 7.46. The van der Waals surface area contributed by atoms with E-state index in [4.69, 9.17) is 4.84 Å². The second kappa shape index (κ2) is 14.9. The summed E-state index contributed by atoms with van der Waals surface area (Å²) in [6.07, 6.45) is 6.54. The first-order valence-corrected chi connectivity index (χ1v) is 13.7. The number of halogens is 2. The Kier molecular flexibility index (Phi) is 11.6. The number of thioether (sulfide) groups is 1. The number of pyridine rings is 1. The molecular formula is C30H33Cl2N5O2S. The number of carbonyl (C=O) groups is 1. The first-order chi connectivity index (χ1) is 18.6. The van der Waals surface area contributed by atoms with E-state index < -0.39 is 0 Å². The van der Waals surface area contributed by atoms with Crippen molar-refractivity contribution in [3.05, 3.63) is 119 Å². The van der Waals surface area contributed by atoms with Crippen LogP contribution in [0.3, 0.4) is 0 Å². The van der Waals surface area contributed by atoms with E-state index in [0.29, 0.717) is 17.9 Å². The van der Waals surface area contributed by atoms with Crippen molar-refractivity contribution in [2.75, 3.05) is 32.6 Å². The highest BCUT2D eigenvalue weighted by atomic mass is 35.5. The van der Waals surface area contributed by atoms with Crippen LogP contribution in [0.5, 0.6) is 0 Å². The number of amides is 1. The number of hydrogen-bond acceptors (Lipinski definition) is 6. The molecule has 2 aromatic carbocycles. The summed E-state index contributed by atoms with van der Waals surface area (Å²) in [5.74, 6) is 0.646. The van der Waals surface area contributed by atoms with E-state index in [1.165, 1.54) is 0 Å². The number of anilines is 1. The summed E-state index contributed by atoms with van der Waals surface area (Å²) < 4.78 is 2.17. The van der Waals surface area contributed by atoms with Crippen LogP contribution in [0.1, 0.15) is 44.5 Å². The number of nitrogens with zero attached hydrogens (tertiary/aromatic N) is 4. The summed E-state index contributed by atoms with van der Waals surface area (Å²) >= 11 is 1.80. The predicted molar refractivity (Wildman–Crippen MR) is 168 cm³/mol. The quantitative estimate of drug-likeness (QED) is 0.128. The fourth-order valence-electron chi connectivity index (χ4n) is 4.44. The first kappa shape index (κ1) is 31.2. The minimum Gasteiger partial charge on any atom is -0.395 e. The lowest BCUT2D eigenvalue weighted by atomic mass is 10.0. The van der Waals surface area contributed by atoms with Gasteiger partial charge in [0.2, 0.25) is 0 Å². The molecule has 0 aliphatic carbocycles. The molecule has 10 heteroatoms. The second-order valence-corrected chi connectivity index (χ2v) is 10.4. The molecule has 0 spiro atoms. The van der Waals surface area contributed by atoms with Crippen molar-refractivity contribution >= 4 is 53.9 Å². The van der Waals surface area contributed by atoms with E-state index in [1.54, 1.807) is 18.0 Å². The van der Waals surface area contributed by atoms with Crippen LogP contribution < -0.4 is 5.32 Å². The average molecular weight is 599 g/mol. The molecule has 0 saturated heterocycles. The standard InChI is InChI=1S/C30H31N5O2S.2ClH/c1-34(2)16-8-18-37-33-28(22-9-4-3-5-10-22)23-11-6-13-25(19-23)32-29(36)26-14-17-35-27(26)21-38-30(35)24-12-7-15-31-20-24;;/h3-7,9-15,17,19-20,30H,8,16,18,21H2,1-2H3,(H,32,36);2*1H/b33-28+;;. The van der Waals surface area contributed by atoms with Gasteiger partial charge < -0.3 is 19.6 Å². The van der Waals surface area contributed by atoms with Crippen LogP contribution >= 0.6 is 36.6 Å². The third-order valence-corrected chi connectivity index (χ3v) is 7.56. The molecular weight excluding hydrogens is 565 g/mol. The fraction of sp³-hybridized carbons (Fsp3) is 0.233. The highest BCUT2D eigenvalue weighted by Crippen LogP contribution is 2.42. The van der Waals surface area contributed by atoms with Gasteiger partial charge in [-0.25, -0.2) is 0 Å². The van der Waals surface area contributed by atoms with Gasteiger partial charge in [0.15, 0.2) is 0 Å². The zero-order chi connectivity index (χ0) is 26.3. The maximum absolute atomic E-state index is 13.3. The van der Waals surface area contributed by atoms with Gasteiger partial charge in [-0.2, -0.15) is 0 Å². The molecule has 210 valence electrons. The molecule has 40 heavy (non-hydrogen) atoms. The SMILES string of the molecule is CN(C)CCCO/N=C(\c1ccccc1)c1cccc(NC(=O)c2ccn3c2CSC3c2cccnc2)c1.Cl.Cl. The van der Waals surface area contributed by atoms with Gasteiger partial charge >= 0.3 is 0 Å². The van der Waals surface area contributed by atoms with Crippen molar-refractivity contribution in [2.24, 2.45) is 5.16 Å². The molecule has 1 amide bonds. The van der Waals surface area contributed by atoms with Crippen LogP contribution in [0, 0.1) is 0 Å². The summed E-state index contributed by atoms with van der Waals surface area (Å²) in [6, 6.07) is 23.6. The van der Waals surface area contributed by atoms with Crippen molar-refractivity contribution in [1.82, 2.24) is 14.5 Å². The average Bonchev–Trinajstić information content (AvgIpc) is 3.54. The Morgan fingerprint density at radius 1 is 1.07 bits per heavy atom. The molecule has 1 N–H and O–H groups in total. The lowest BCUT2D eigenvalue weighted by Crippen LogP contribution is -2.15. The zero-order valence-corrected chi connectivity index (χ0v) is 24.8. The second-order valence-electron chi connectivity index (χ2n) is 9.36. The van der Waals surface area contributed by atoms with Crippen molar-refractivity contribution in [3.63, 3.8) is 0 Å². The van der Waals surface area contributed by atoms with Crippen LogP contribution in [0.25, 0.3) is 0 Å². The monoisotopic (exact) mass is 597 g/mol. The van der Waals surface area contributed by atoms with Crippen molar-refractivity contribution in [1.29, 1.82) is 0 Å². The highest BCUT2D eigenvalue weighted by Gasteiger charge is 2.28. The Hall–Kier alpha value is -3.30. The third-order valence-electron chi connectivity index (χ3n) is 6.31. The fourth-order valence-corrected chi connectivity index (χ4v) is 5.75. The Labute approximate surface area is 251 Å². The molecule has 7 nitrogen and oxygen atoms in total. The molecule has 1 aliphatic rings. The maximum Gasteiger partial charge on any atom is 0.257 e. The van der Waals surface area contributed by atoms with E-state index in [9.17, 15) is 4.79 Å². The number of aromatic nitrogens is 2. The topological polar surface area (TPSA) is 71.8 Å². The van der Waals surface area contributed by atoms with Crippen LogP contribution in [0.15, 0.2) is 96.5 Å². The molecule has 2 aromatic heterocycles. The molecule has 0 radical (unpaired) electrons. The van der Waals surface area contributed by atoms with Crippen LogP contribution in [-0.2, 0) is 10.6 Å². The first-order valence-electron chi connectivity index (χ1n) is 12.6. The summed E-state index contributed by atoms with van der Waals surface area (Å²) in [6.45, 7) is 1.46. The molecule has 3 heterocycles. The molecule has 5 rings (SSSR count). The predicted octanol–water partition coefficient (Wildman–Crippen LogP) is 6.49. The molecule has 1 unspecified atom stereocenters. The maximum atomic E-state index is 13.3.